The Labute approximate surface area is 834 Å². The fraction of sp³-hybridized carbons (Fsp3) is 0.184. The summed E-state index contributed by atoms with van der Waals surface area (Å²) in [5.41, 5.74) is 9.56. The highest BCUT2D eigenvalue weighted by Gasteiger charge is 2.38. The van der Waals surface area contributed by atoms with Gasteiger partial charge < -0.3 is 46.5 Å². The summed E-state index contributed by atoms with van der Waals surface area (Å²) in [6.45, 7) is 4.73. The van der Waals surface area contributed by atoms with Crippen molar-refractivity contribution in [3.63, 3.8) is 0 Å². The van der Waals surface area contributed by atoms with Crippen LogP contribution in [0.15, 0.2) is 296 Å². The van der Waals surface area contributed by atoms with E-state index in [4.69, 9.17) is 41.6 Å². The van der Waals surface area contributed by atoms with Crippen molar-refractivity contribution >= 4 is 5.91 Å². The van der Waals surface area contributed by atoms with E-state index >= 15 is 0 Å². The van der Waals surface area contributed by atoms with Crippen molar-refractivity contribution in [2.24, 2.45) is 0 Å². The van der Waals surface area contributed by atoms with Crippen LogP contribution in [0.25, 0.3) is 155 Å². The molecule has 4 aliphatic heterocycles. The molecule has 148 heavy (non-hydrogen) atoms. The average molecular weight is 2000 g/mol. The second kappa shape index (κ2) is 43.7. The number of hydrogen-bond acceptors (Lipinski definition) is 33. The molecule has 3 unspecified atom stereocenters. The average Bonchev–Trinajstić information content (AvgIpc) is 1.64. The van der Waals surface area contributed by atoms with Crippen molar-refractivity contribution in [3.05, 3.63) is 331 Å². The van der Waals surface area contributed by atoms with Gasteiger partial charge in [-0.05, 0) is 185 Å². The number of nitrogens with zero attached hydrogens (tertiary/aromatic N) is 29. The third-order valence-corrected chi connectivity index (χ3v) is 24.3. The molecule has 45 heteroatoms. The maximum absolute atomic E-state index is 14.5. The lowest BCUT2D eigenvalue weighted by Crippen LogP contribution is -2.36. The SMILES string of the molecule is CC(=O)N1CCC(c2noc(-c3nnn(-c4ccccc4F)c3-c3ccncc3)n2)CC1.COc1ccc(-c2noc(-c3nnn(-c4ccccc4F)c3-c3ccccn3)n2)cc1.Fc1ccccc1-c1noc(-c2nnn(-c3ccccc3F)c2C2CCCO2)n1.Fc1ccccc1-n1nnc(-c2nc(-c3ccccc3)no2)c1C1CCCO1.Fc1ccccc1-n1nnc(-c2nc(-c3cccnc3)no2)c1C1CCCO1. The zero-order valence-electron chi connectivity index (χ0n) is 78.3. The Balaban J connectivity index is 0.000000108. The number of amides is 1. The smallest absolute Gasteiger partial charge is 0.281 e. The van der Waals surface area contributed by atoms with E-state index in [0.717, 1.165) is 79.4 Å². The molecule has 4 saturated heterocycles. The maximum atomic E-state index is 14.5. The van der Waals surface area contributed by atoms with Crippen LogP contribution in [0.5, 0.6) is 5.75 Å². The van der Waals surface area contributed by atoms with Crippen molar-refractivity contribution in [1.29, 1.82) is 0 Å². The van der Waals surface area contributed by atoms with E-state index in [-0.39, 0.29) is 93.7 Å². The standard InChI is InChI=1S/C22H20FN7O2.C22H15FN6O2.C20H15F2N5O2.C20H16FN5O2.C19H15FN6O2/c1-14(31)29-12-8-16(9-13-29)21-25-22(32-27-21)19-20(15-6-10-24-11-7-15)30(28-26-19)18-5-3-2-4-17(18)23;1-30-15-11-9-14(10-12-15)21-25-22(31-27-21)19-20(17-7-4-5-13-24-17)29(28-26-19)18-8-3-2-6-16(18)23;21-13-7-2-1-6-12(13)19-23-20(29-25-19)17-18(16-10-5-11-28-16)27(26-24-17)15-9-4-3-8-14(15)22;21-14-9-4-5-10-15(14)26-18(16-11-6-12-27-16)17(23-25-26)20-22-19(24-28-20)13-7-2-1-3-8-13;20-13-6-1-2-7-14(13)26-17(15-8-4-10-27-15)16(23-25-26)19-22-18(24-28-19)12-5-3-9-21-11-12/h2-7,10-11,16H,8-9,12-13H2,1H3;2-13H,1H3;1-4,6-9,16H,5,10-11H2;1-5,7-10,16H,6,11-12H2;1-3,5-7,9,11,15H,4,8,10H2. The van der Waals surface area contributed by atoms with Gasteiger partial charge in [-0.2, -0.15) is 24.9 Å². The molecule has 25 rings (SSSR count). The molecule has 4 aliphatic rings. The summed E-state index contributed by atoms with van der Waals surface area (Å²) in [6, 6.07) is 67.2. The first kappa shape index (κ1) is 95.5. The zero-order chi connectivity index (χ0) is 101. The number of ether oxygens (including phenoxy) is 4. The number of carbonyl (C=O) groups is 1. The van der Waals surface area contributed by atoms with E-state index in [0.29, 0.717) is 125 Å². The van der Waals surface area contributed by atoms with Crippen molar-refractivity contribution in [1.82, 2.24) is 146 Å². The first-order valence-corrected chi connectivity index (χ1v) is 46.7. The van der Waals surface area contributed by atoms with Crippen LogP contribution in [-0.2, 0) is 19.0 Å². The van der Waals surface area contributed by atoms with E-state index in [9.17, 15) is 31.1 Å². The number of piperidine rings is 1. The van der Waals surface area contributed by atoms with Gasteiger partial charge in [0.2, 0.25) is 29.2 Å². The molecule has 0 radical (unpaired) electrons. The van der Waals surface area contributed by atoms with E-state index < -0.39 is 34.9 Å². The minimum Gasteiger partial charge on any atom is -0.497 e. The highest BCUT2D eigenvalue weighted by atomic mass is 19.1. The lowest BCUT2D eigenvalue weighted by atomic mass is 9.96. The summed E-state index contributed by atoms with van der Waals surface area (Å²) in [5.74, 6) is 1.05. The summed E-state index contributed by atoms with van der Waals surface area (Å²) < 4.78 is 143. The molecule has 0 N–H and O–H groups in total. The lowest BCUT2D eigenvalue weighted by Gasteiger charge is -2.29. The number of benzene rings is 8. The predicted molar refractivity (Wildman–Crippen MR) is 514 cm³/mol. The number of rotatable bonds is 21. The van der Waals surface area contributed by atoms with Gasteiger partial charge >= 0.3 is 0 Å². The molecule has 17 heterocycles. The second-order valence-corrected chi connectivity index (χ2v) is 33.6. The van der Waals surface area contributed by atoms with Gasteiger partial charge in [-0.25, -0.2) is 49.8 Å². The van der Waals surface area contributed by atoms with Gasteiger partial charge in [0.05, 0.1) is 18.4 Å². The maximum Gasteiger partial charge on any atom is 0.281 e. The topological polar surface area (TPSA) is 444 Å². The number of methoxy groups -OCH3 is 1. The third-order valence-electron chi connectivity index (χ3n) is 24.3. The normalized spacial score (nSPS) is 14.9. The molecule has 21 aromatic rings. The molecule has 740 valence electrons. The Kier molecular flexibility index (Phi) is 28.2. The van der Waals surface area contributed by atoms with Gasteiger partial charge in [-0.3, -0.25) is 19.7 Å². The number of hydrogen-bond donors (Lipinski definition) is 0. The number of aromatic nitrogens is 28. The molecular formula is C103H81F6N29O10. The Morgan fingerprint density at radius 2 is 0.723 bits per heavy atom. The van der Waals surface area contributed by atoms with E-state index in [1.54, 1.807) is 197 Å². The lowest BCUT2D eigenvalue weighted by molar-refractivity contribution is -0.129. The van der Waals surface area contributed by atoms with Crippen LogP contribution < -0.4 is 4.74 Å². The van der Waals surface area contributed by atoms with Crippen LogP contribution in [0.1, 0.15) is 105 Å². The summed E-state index contributed by atoms with van der Waals surface area (Å²) in [7, 11) is 1.60. The Hall–Kier alpha value is -18.7. The molecule has 3 atom stereocenters. The van der Waals surface area contributed by atoms with Crippen LogP contribution in [0.3, 0.4) is 0 Å². The van der Waals surface area contributed by atoms with Crippen LogP contribution in [-0.4, -0.2) is 191 Å². The number of carbonyl (C=O) groups excluding carboxylic acids is 1. The molecule has 0 saturated carbocycles. The van der Waals surface area contributed by atoms with Gasteiger partial charge in [0.15, 0.2) is 34.3 Å². The third kappa shape index (κ3) is 20.3. The predicted octanol–water partition coefficient (Wildman–Crippen LogP) is 18.9. The fourth-order valence-corrected chi connectivity index (χ4v) is 17.1. The zero-order valence-corrected chi connectivity index (χ0v) is 78.3. The van der Waals surface area contributed by atoms with Crippen LogP contribution in [0.2, 0.25) is 0 Å². The highest BCUT2D eigenvalue weighted by molar-refractivity contribution is 5.77. The van der Waals surface area contributed by atoms with Crippen LogP contribution in [0.4, 0.5) is 26.3 Å². The molecular weight excluding hydrogens is 1920 g/mol. The molecule has 4 fully saturated rings. The van der Waals surface area contributed by atoms with Gasteiger partial charge in [0.25, 0.3) is 29.5 Å². The first-order chi connectivity index (χ1) is 72.7. The number of halogens is 6. The van der Waals surface area contributed by atoms with Crippen molar-refractivity contribution < 1.29 is 72.7 Å². The summed E-state index contributed by atoms with van der Waals surface area (Å²) in [6.07, 6.45) is 13.8. The molecule has 0 aliphatic carbocycles. The van der Waals surface area contributed by atoms with Gasteiger partial charge in [0.1, 0.15) is 116 Å². The molecule has 0 spiro atoms. The summed E-state index contributed by atoms with van der Waals surface area (Å²) in [5, 5.41) is 62.0. The van der Waals surface area contributed by atoms with E-state index in [1.807, 2.05) is 59.5 Å². The fourth-order valence-electron chi connectivity index (χ4n) is 17.1. The van der Waals surface area contributed by atoms with E-state index in [1.165, 1.54) is 59.8 Å². The summed E-state index contributed by atoms with van der Waals surface area (Å²) >= 11 is 0. The highest BCUT2D eigenvalue weighted by Crippen LogP contribution is 2.43. The van der Waals surface area contributed by atoms with Gasteiger partial charge in [0, 0.05) is 99.0 Å². The quantitative estimate of drug-likeness (QED) is 0.0603. The first-order valence-electron chi connectivity index (χ1n) is 46.7. The monoisotopic (exact) mass is 2000 g/mol. The van der Waals surface area contributed by atoms with Gasteiger partial charge in [-0.1, -0.05) is 161 Å². The van der Waals surface area contributed by atoms with Crippen molar-refractivity contribution in [3.8, 4) is 160 Å². The van der Waals surface area contributed by atoms with Crippen molar-refractivity contribution in [2.75, 3.05) is 40.0 Å². The second-order valence-electron chi connectivity index (χ2n) is 33.6. The number of likely N-dealkylation sites (tertiary alicyclic amines) is 1. The Morgan fingerprint density at radius 3 is 1.16 bits per heavy atom. The minimum atomic E-state index is -0.464. The molecule has 0 bridgehead atoms. The largest absolute Gasteiger partial charge is 0.497 e. The van der Waals surface area contributed by atoms with Crippen LogP contribution >= 0.6 is 0 Å². The minimum absolute atomic E-state index is 0.0661. The van der Waals surface area contributed by atoms with Gasteiger partial charge in [-0.15, -0.1) is 25.5 Å². The molecule has 39 nitrogen and oxygen atoms in total. The number of pyridine rings is 3. The van der Waals surface area contributed by atoms with E-state index in [2.05, 4.69) is 117 Å². The Bertz CT molecular complexity index is 7960. The number of para-hydroxylation sites is 5. The molecule has 8 aromatic carbocycles. The van der Waals surface area contributed by atoms with Crippen molar-refractivity contribution in [2.45, 2.75) is 82.5 Å². The van der Waals surface area contributed by atoms with Crippen LogP contribution in [0, 0.1) is 34.9 Å². The molecule has 1 amide bonds. The Morgan fingerprint density at radius 1 is 0.338 bits per heavy atom. The summed E-state index contributed by atoms with van der Waals surface area (Å²) in [4.78, 5) is 48.1. The molecule has 13 aromatic heterocycles.